The molecule has 0 fully saturated rings. The minimum absolute atomic E-state index is 0.300. The summed E-state index contributed by atoms with van der Waals surface area (Å²) in [6.07, 6.45) is 0. The second-order valence-corrected chi connectivity index (χ2v) is 5.57. The standard InChI is InChI=1S/C16H10BrClFNO/c17-14-8-12(5-6-15(14)19)21-16-13-4-2-1-3-10(13)7-11(9-18)20-16/h1-8H,9H2. The summed E-state index contributed by atoms with van der Waals surface area (Å²) in [5.74, 6) is 0.929. The van der Waals surface area contributed by atoms with Crippen molar-refractivity contribution in [2.24, 2.45) is 0 Å². The molecule has 106 valence electrons. The molecule has 0 saturated carbocycles. The minimum Gasteiger partial charge on any atom is -0.438 e. The fourth-order valence-electron chi connectivity index (χ4n) is 2.02. The molecule has 0 N–H and O–H groups in total. The maximum atomic E-state index is 13.3. The van der Waals surface area contributed by atoms with Crippen LogP contribution >= 0.6 is 27.5 Å². The molecule has 0 saturated heterocycles. The summed E-state index contributed by atoms with van der Waals surface area (Å²) in [4.78, 5) is 4.40. The molecule has 2 aromatic carbocycles. The topological polar surface area (TPSA) is 22.1 Å². The lowest BCUT2D eigenvalue weighted by molar-refractivity contribution is 0.465. The van der Waals surface area contributed by atoms with Gasteiger partial charge in [-0.25, -0.2) is 9.37 Å². The van der Waals surface area contributed by atoms with Crippen LogP contribution in [0.4, 0.5) is 4.39 Å². The number of hydrogen-bond acceptors (Lipinski definition) is 2. The molecule has 0 atom stereocenters. The summed E-state index contributed by atoms with van der Waals surface area (Å²) in [6, 6.07) is 14.1. The Morgan fingerprint density at radius 2 is 1.95 bits per heavy atom. The maximum absolute atomic E-state index is 13.3. The van der Waals surface area contributed by atoms with Crippen LogP contribution in [0.25, 0.3) is 10.8 Å². The number of benzene rings is 2. The number of ether oxygens (including phenoxy) is 1. The summed E-state index contributed by atoms with van der Waals surface area (Å²) in [7, 11) is 0. The van der Waals surface area contributed by atoms with Crippen molar-refractivity contribution in [1.82, 2.24) is 4.98 Å². The highest BCUT2D eigenvalue weighted by atomic mass is 79.9. The van der Waals surface area contributed by atoms with Crippen LogP contribution in [-0.2, 0) is 5.88 Å². The van der Waals surface area contributed by atoms with Crippen LogP contribution in [0.3, 0.4) is 0 Å². The lowest BCUT2D eigenvalue weighted by Gasteiger charge is -2.10. The third kappa shape index (κ3) is 3.01. The summed E-state index contributed by atoms with van der Waals surface area (Å²) >= 11 is 9.01. The molecule has 21 heavy (non-hydrogen) atoms. The van der Waals surface area contributed by atoms with E-state index in [1.807, 2.05) is 30.3 Å². The third-order valence-electron chi connectivity index (χ3n) is 3.00. The molecule has 0 radical (unpaired) electrons. The third-order valence-corrected chi connectivity index (χ3v) is 3.88. The zero-order chi connectivity index (χ0) is 14.8. The summed E-state index contributed by atoms with van der Waals surface area (Å²) in [5, 5.41) is 1.88. The van der Waals surface area contributed by atoms with Crippen LogP contribution in [0.1, 0.15) is 5.69 Å². The van der Waals surface area contributed by atoms with Gasteiger partial charge in [0.2, 0.25) is 5.88 Å². The second kappa shape index (κ2) is 6.00. The molecule has 0 spiro atoms. The first kappa shape index (κ1) is 14.3. The lowest BCUT2D eigenvalue weighted by atomic mass is 10.1. The van der Waals surface area contributed by atoms with Crippen LogP contribution in [0.2, 0.25) is 0 Å². The molecule has 3 aromatic rings. The van der Waals surface area contributed by atoms with Crippen LogP contribution in [-0.4, -0.2) is 4.98 Å². The molecular weight excluding hydrogens is 357 g/mol. The Morgan fingerprint density at radius 3 is 2.71 bits per heavy atom. The molecule has 1 heterocycles. The monoisotopic (exact) mass is 365 g/mol. The second-order valence-electron chi connectivity index (χ2n) is 4.45. The number of fused-ring (bicyclic) bond motifs is 1. The van der Waals surface area contributed by atoms with E-state index in [0.29, 0.717) is 22.0 Å². The van der Waals surface area contributed by atoms with Crippen molar-refractivity contribution in [3.63, 3.8) is 0 Å². The molecule has 2 nitrogen and oxygen atoms in total. The average molecular weight is 367 g/mol. The van der Waals surface area contributed by atoms with Gasteiger partial charge in [0.05, 0.1) is 16.0 Å². The number of halogens is 3. The molecule has 0 bridgehead atoms. The minimum atomic E-state index is -0.338. The maximum Gasteiger partial charge on any atom is 0.227 e. The van der Waals surface area contributed by atoms with E-state index in [2.05, 4.69) is 20.9 Å². The highest BCUT2D eigenvalue weighted by molar-refractivity contribution is 9.10. The van der Waals surface area contributed by atoms with E-state index < -0.39 is 0 Å². The van der Waals surface area contributed by atoms with E-state index >= 15 is 0 Å². The highest BCUT2D eigenvalue weighted by Crippen LogP contribution is 2.31. The van der Waals surface area contributed by atoms with Gasteiger partial charge in [0.15, 0.2) is 0 Å². The Balaban J connectivity index is 2.08. The zero-order valence-corrected chi connectivity index (χ0v) is 13.2. The lowest BCUT2D eigenvalue weighted by Crippen LogP contribution is -1.94. The largest absolute Gasteiger partial charge is 0.438 e. The molecule has 0 unspecified atom stereocenters. The summed E-state index contributed by atoms with van der Waals surface area (Å²) in [5.41, 5.74) is 0.728. The van der Waals surface area contributed by atoms with E-state index in [-0.39, 0.29) is 5.82 Å². The van der Waals surface area contributed by atoms with E-state index in [1.165, 1.54) is 6.07 Å². The number of rotatable bonds is 3. The van der Waals surface area contributed by atoms with Crippen molar-refractivity contribution in [3.8, 4) is 11.6 Å². The van der Waals surface area contributed by atoms with Crippen molar-refractivity contribution in [2.75, 3.05) is 0 Å². The average Bonchev–Trinajstić information content (AvgIpc) is 2.51. The van der Waals surface area contributed by atoms with Gasteiger partial charge in [-0.1, -0.05) is 18.2 Å². The van der Waals surface area contributed by atoms with Gasteiger partial charge in [0.25, 0.3) is 0 Å². The molecule has 1 aromatic heterocycles. The first-order chi connectivity index (χ1) is 10.2. The van der Waals surface area contributed by atoms with Crippen molar-refractivity contribution >= 4 is 38.3 Å². The van der Waals surface area contributed by atoms with Gasteiger partial charge in [-0.2, -0.15) is 0 Å². The number of pyridine rings is 1. The summed E-state index contributed by atoms with van der Waals surface area (Å²) < 4.78 is 19.4. The first-order valence-corrected chi connectivity index (χ1v) is 7.57. The Morgan fingerprint density at radius 1 is 1.14 bits per heavy atom. The van der Waals surface area contributed by atoms with Crippen molar-refractivity contribution in [2.45, 2.75) is 5.88 Å². The molecular formula is C16H10BrClFNO. The molecule has 5 heteroatoms. The van der Waals surface area contributed by atoms with Crippen LogP contribution in [0.5, 0.6) is 11.6 Å². The Labute approximate surface area is 134 Å². The quantitative estimate of drug-likeness (QED) is 0.557. The van der Waals surface area contributed by atoms with Crippen LogP contribution in [0, 0.1) is 5.82 Å². The number of alkyl halides is 1. The molecule has 3 rings (SSSR count). The Kier molecular flexibility index (Phi) is 4.08. The SMILES string of the molecule is Fc1ccc(Oc2nc(CCl)cc3ccccc23)cc1Br. The van der Waals surface area contributed by atoms with E-state index in [4.69, 9.17) is 16.3 Å². The van der Waals surface area contributed by atoms with Gasteiger partial charge in [-0.15, -0.1) is 11.6 Å². The van der Waals surface area contributed by atoms with Gasteiger partial charge in [-0.3, -0.25) is 0 Å². The smallest absolute Gasteiger partial charge is 0.227 e. The van der Waals surface area contributed by atoms with Crippen molar-refractivity contribution < 1.29 is 9.13 Å². The molecule has 0 aliphatic rings. The summed E-state index contributed by atoms with van der Waals surface area (Å²) in [6.45, 7) is 0. The Bertz CT molecular complexity index is 809. The van der Waals surface area contributed by atoms with Crippen LogP contribution in [0.15, 0.2) is 53.0 Å². The first-order valence-electron chi connectivity index (χ1n) is 6.25. The predicted octanol–water partition coefficient (Wildman–Crippen LogP) is 5.67. The zero-order valence-electron chi connectivity index (χ0n) is 10.8. The number of nitrogens with zero attached hydrogens (tertiary/aromatic N) is 1. The predicted molar refractivity (Wildman–Crippen MR) is 85.5 cm³/mol. The molecule has 0 aliphatic heterocycles. The van der Waals surface area contributed by atoms with Crippen molar-refractivity contribution in [1.29, 1.82) is 0 Å². The van der Waals surface area contributed by atoms with E-state index in [9.17, 15) is 4.39 Å². The van der Waals surface area contributed by atoms with E-state index in [1.54, 1.807) is 12.1 Å². The fourth-order valence-corrected chi connectivity index (χ4v) is 2.51. The molecule has 0 aliphatic carbocycles. The van der Waals surface area contributed by atoms with Gasteiger partial charge >= 0.3 is 0 Å². The van der Waals surface area contributed by atoms with Crippen LogP contribution < -0.4 is 4.74 Å². The van der Waals surface area contributed by atoms with Gasteiger partial charge < -0.3 is 4.74 Å². The normalized spacial score (nSPS) is 10.8. The van der Waals surface area contributed by atoms with Gasteiger partial charge in [-0.05, 0) is 51.6 Å². The number of hydrogen-bond donors (Lipinski definition) is 0. The fraction of sp³-hybridized carbons (Fsp3) is 0.0625. The van der Waals surface area contributed by atoms with Crippen molar-refractivity contribution in [3.05, 3.63) is 64.5 Å². The molecule has 0 amide bonds. The van der Waals surface area contributed by atoms with Gasteiger partial charge in [0.1, 0.15) is 11.6 Å². The van der Waals surface area contributed by atoms with Gasteiger partial charge in [0, 0.05) is 5.39 Å². The highest BCUT2D eigenvalue weighted by Gasteiger charge is 2.09. The number of aromatic nitrogens is 1. The van der Waals surface area contributed by atoms with E-state index in [0.717, 1.165) is 16.5 Å². The Hall–Kier alpha value is -1.65.